The molecule has 0 bridgehead atoms. The first kappa shape index (κ1) is 22.7. The second kappa shape index (κ2) is 9.74. The number of benzene rings is 1. The molecule has 1 N–H and O–H groups in total. The summed E-state index contributed by atoms with van der Waals surface area (Å²) in [5.41, 5.74) is 1.20. The Morgan fingerprint density at radius 2 is 2.07 bits per heavy atom. The molecule has 0 aliphatic heterocycles. The van der Waals surface area contributed by atoms with Crippen molar-refractivity contribution in [3.63, 3.8) is 0 Å². The number of alkyl carbamates (subject to hydrolysis) is 1. The van der Waals surface area contributed by atoms with Gasteiger partial charge in [0.1, 0.15) is 11.8 Å². The second-order valence-corrected chi connectivity index (χ2v) is 9.20. The molecule has 0 saturated heterocycles. The van der Waals surface area contributed by atoms with Crippen LogP contribution in [0.1, 0.15) is 33.4 Å². The summed E-state index contributed by atoms with van der Waals surface area (Å²) < 4.78 is 23.6. The van der Waals surface area contributed by atoms with Crippen LogP contribution in [0.4, 0.5) is 9.18 Å². The molecule has 7 heteroatoms. The van der Waals surface area contributed by atoms with Crippen LogP contribution in [-0.2, 0) is 11.3 Å². The summed E-state index contributed by atoms with van der Waals surface area (Å²) in [4.78, 5) is 11.8. The molecule has 4 nitrogen and oxygen atoms in total. The fourth-order valence-electron chi connectivity index (χ4n) is 2.64. The Labute approximate surface area is 182 Å². The van der Waals surface area contributed by atoms with Crippen molar-refractivity contribution in [1.82, 2.24) is 9.88 Å². The van der Waals surface area contributed by atoms with Crippen molar-refractivity contribution in [2.45, 2.75) is 46.0 Å². The predicted molar refractivity (Wildman–Crippen MR) is 120 cm³/mol. The average molecular weight is 516 g/mol. The minimum atomic E-state index is -1.26. The van der Waals surface area contributed by atoms with Gasteiger partial charge in [-0.2, -0.15) is 0 Å². The van der Waals surface area contributed by atoms with Gasteiger partial charge in [0.05, 0.1) is 13.1 Å². The number of rotatable bonds is 6. The van der Waals surface area contributed by atoms with Crippen LogP contribution in [-0.4, -0.2) is 29.0 Å². The lowest BCUT2D eigenvalue weighted by molar-refractivity contribution is 0.0511. The van der Waals surface area contributed by atoms with Crippen LogP contribution in [0.25, 0.3) is 17.0 Å². The molecule has 1 amide bonds. The van der Waals surface area contributed by atoms with E-state index in [2.05, 4.69) is 37.2 Å². The van der Waals surface area contributed by atoms with E-state index in [1.807, 2.05) is 54.0 Å². The number of alkyl halides is 1. The number of nitrogens with zero attached hydrogens (tertiary/aromatic N) is 1. The topological polar surface area (TPSA) is 43.3 Å². The van der Waals surface area contributed by atoms with Crippen molar-refractivity contribution in [1.29, 1.82) is 0 Å². The molecule has 0 fully saturated rings. The van der Waals surface area contributed by atoms with Gasteiger partial charge in [0.15, 0.2) is 0 Å². The lowest BCUT2D eigenvalue weighted by Crippen LogP contribution is -2.36. The number of amides is 1. The summed E-state index contributed by atoms with van der Waals surface area (Å²) in [6.45, 7) is 7.24. The number of carbonyl (C=O) groups is 1. The largest absolute Gasteiger partial charge is 0.444 e. The van der Waals surface area contributed by atoms with E-state index in [-0.39, 0.29) is 13.1 Å². The molecule has 1 unspecified atom stereocenters. The maximum absolute atomic E-state index is 14.7. The van der Waals surface area contributed by atoms with Crippen LogP contribution in [0.3, 0.4) is 0 Å². The van der Waals surface area contributed by atoms with E-state index in [1.54, 1.807) is 20.8 Å². The second-order valence-electron chi connectivity index (χ2n) is 7.37. The van der Waals surface area contributed by atoms with Gasteiger partial charge in [0, 0.05) is 25.6 Å². The van der Waals surface area contributed by atoms with E-state index in [9.17, 15) is 9.18 Å². The molecule has 28 heavy (non-hydrogen) atoms. The summed E-state index contributed by atoms with van der Waals surface area (Å²) in [6, 6.07) is 7.90. The van der Waals surface area contributed by atoms with Crippen molar-refractivity contribution < 1.29 is 13.9 Å². The number of aromatic nitrogens is 1. The molecule has 2 aromatic rings. The van der Waals surface area contributed by atoms with Gasteiger partial charge in [-0.1, -0.05) is 37.9 Å². The van der Waals surface area contributed by atoms with E-state index in [0.717, 1.165) is 25.6 Å². The lowest BCUT2D eigenvalue weighted by atomic mass is 10.2. The van der Waals surface area contributed by atoms with Gasteiger partial charge in [-0.05, 0) is 64.1 Å². The molecule has 1 heterocycles. The summed E-state index contributed by atoms with van der Waals surface area (Å²) in [6.07, 6.45) is 3.92. The number of ether oxygens (including phenoxy) is 1. The molecule has 2 rings (SSSR count). The van der Waals surface area contributed by atoms with E-state index < -0.39 is 17.9 Å². The molecular weight excluding hydrogens is 491 g/mol. The SMILES string of the molecule is C/C=C(Br)\C=C/c1cc2cc(Br)ccc2n1CC(F)CNC(=O)OC(C)(C)C. The van der Waals surface area contributed by atoms with Gasteiger partial charge in [-0.25, -0.2) is 9.18 Å². The Morgan fingerprint density at radius 3 is 2.71 bits per heavy atom. The minimum Gasteiger partial charge on any atom is -0.444 e. The smallest absolute Gasteiger partial charge is 0.407 e. The Bertz CT molecular complexity index is 898. The minimum absolute atomic E-state index is 0.118. The molecule has 0 aliphatic carbocycles. The van der Waals surface area contributed by atoms with E-state index >= 15 is 0 Å². The number of hydrogen-bond donors (Lipinski definition) is 1. The van der Waals surface area contributed by atoms with E-state index in [4.69, 9.17) is 4.74 Å². The monoisotopic (exact) mass is 514 g/mol. The highest BCUT2D eigenvalue weighted by Gasteiger charge is 2.18. The van der Waals surface area contributed by atoms with Gasteiger partial charge in [0.2, 0.25) is 0 Å². The van der Waals surface area contributed by atoms with Crippen molar-refractivity contribution in [2.24, 2.45) is 0 Å². The highest BCUT2D eigenvalue weighted by molar-refractivity contribution is 9.12. The summed E-state index contributed by atoms with van der Waals surface area (Å²) in [5, 5.41) is 3.51. The third-order valence-corrected chi connectivity index (χ3v) is 5.05. The zero-order valence-electron chi connectivity index (χ0n) is 16.4. The first-order chi connectivity index (χ1) is 13.1. The Hall–Kier alpha value is -1.60. The molecule has 0 aliphatic rings. The number of hydrogen-bond acceptors (Lipinski definition) is 2. The molecule has 0 spiro atoms. The maximum atomic E-state index is 14.7. The zero-order valence-corrected chi connectivity index (χ0v) is 19.6. The molecule has 152 valence electrons. The summed E-state index contributed by atoms with van der Waals surface area (Å²) in [7, 11) is 0. The van der Waals surface area contributed by atoms with Crippen molar-refractivity contribution in [2.75, 3.05) is 6.54 Å². The third kappa shape index (κ3) is 6.78. The van der Waals surface area contributed by atoms with Crippen LogP contribution in [0.2, 0.25) is 0 Å². The molecule has 0 saturated carbocycles. The molecule has 0 radical (unpaired) electrons. The Balaban J connectivity index is 2.19. The Kier molecular flexibility index (Phi) is 7.89. The highest BCUT2D eigenvalue weighted by atomic mass is 79.9. The quantitative estimate of drug-likeness (QED) is 0.441. The van der Waals surface area contributed by atoms with Crippen LogP contribution in [0.15, 0.2) is 45.4 Å². The normalized spacial score (nSPS) is 13.9. The van der Waals surface area contributed by atoms with Crippen LogP contribution in [0.5, 0.6) is 0 Å². The van der Waals surface area contributed by atoms with Gasteiger partial charge < -0.3 is 14.6 Å². The standard InChI is InChI=1S/C21H25Br2FN2O2/c1-5-15(22)6-8-18-11-14-10-16(23)7-9-19(14)26(18)13-17(24)12-25-20(27)28-21(2,3)4/h5-11,17H,12-13H2,1-4H3,(H,25,27)/b8-6-,15-5+. The fourth-order valence-corrected chi connectivity index (χ4v) is 3.15. The van der Waals surface area contributed by atoms with Gasteiger partial charge in [-0.15, -0.1) is 0 Å². The van der Waals surface area contributed by atoms with Crippen LogP contribution < -0.4 is 5.32 Å². The molecule has 1 atom stereocenters. The van der Waals surface area contributed by atoms with Crippen LogP contribution >= 0.6 is 31.9 Å². The van der Waals surface area contributed by atoms with E-state index in [0.29, 0.717) is 0 Å². The number of nitrogens with one attached hydrogen (secondary N) is 1. The fraction of sp³-hybridized carbons (Fsp3) is 0.381. The number of carbonyl (C=O) groups excluding carboxylic acids is 1. The lowest BCUT2D eigenvalue weighted by Gasteiger charge is -2.20. The van der Waals surface area contributed by atoms with Gasteiger partial charge >= 0.3 is 6.09 Å². The first-order valence-corrected chi connectivity index (χ1v) is 10.6. The number of fused-ring (bicyclic) bond motifs is 1. The Morgan fingerprint density at radius 1 is 1.36 bits per heavy atom. The van der Waals surface area contributed by atoms with Crippen molar-refractivity contribution >= 4 is 54.9 Å². The predicted octanol–water partition coefficient (Wildman–Crippen LogP) is 6.58. The molecule has 1 aromatic heterocycles. The summed E-state index contributed by atoms with van der Waals surface area (Å²) >= 11 is 6.93. The van der Waals surface area contributed by atoms with Gasteiger partial charge in [0.25, 0.3) is 0 Å². The van der Waals surface area contributed by atoms with Crippen LogP contribution in [0, 0.1) is 0 Å². The zero-order chi connectivity index (χ0) is 20.9. The number of halogens is 3. The maximum Gasteiger partial charge on any atom is 0.407 e. The average Bonchev–Trinajstić information content (AvgIpc) is 2.93. The summed E-state index contributed by atoms with van der Waals surface area (Å²) in [5.74, 6) is 0. The van der Waals surface area contributed by atoms with Gasteiger partial charge in [-0.3, -0.25) is 0 Å². The van der Waals surface area contributed by atoms with Crippen molar-refractivity contribution in [3.05, 3.63) is 51.1 Å². The first-order valence-electron chi connectivity index (χ1n) is 8.98. The van der Waals surface area contributed by atoms with E-state index in [1.165, 1.54) is 0 Å². The highest BCUT2D eigenvalue weighted by Crippen LogP contribution is 2.26. The number of allylic oxidation sites excluding steroid dienone is 3. The molecule has 1 aromatic carbocycles. The van der Waals surface area contributed by atoms with Crippen molar-refractivity contribution in [3.8, 4) is 0 Å². The third-order valence-electron chi connectivity index (χ3n) is 3.83. The molecular formula is C21H25Br2FN2O2.